The second-order valence-electron chi connectivity index (χ2n) is 2.83. The van der Waals surface area contributed by atoms with Gasteiger partial charge in [-0.05, 0) is 12.8 Å². The maximum Gasteiger partial charge on any atom is 0.276 e. The summed E-state index contributed by atoms with van der Waals surface area (Å²) in [5.41, 5.74) is 0.690. The van der Waals surface area contributed by atoms with Gasteiger partial charge in [-0.25, -0.2) is 4.98 Å². The van der Waals surface area contributed by atoms with Gasteiger partial charge in [-0.1, -0.05) is 13.8 Å². The van der Waals surface area contributed by atoms with Crippen molar-refractivity contribution in [2.45, 2.75) is 26.7 Å². The summed E-state index contributed by atoms with van der Waals surface area (Å²) in [6.07, 6.45) is 1.61. The molecular weight excluding hydrogens is 140 g/mol. The topological polar surface area (TPSA) is 45.7 Å². The molecule has 3 heteroatoms. The van der Waals surface area contributed by atoms with Gasteiger partial charge in [-0.15, -0.1) is 0 Å². The number of nitrogens with zero attached hydrogens (tertiary/aromatic N) is 2. The van der Waals surface area contributed by atoms with Crippen LogP contribution in [0.5, 0.6) is 5.88 Å². The van der Waals surface area contributed by atoms with Crippen molar-refractivity contribution in [3.05, 3.63) is 17.6 Å². The Morgan fingerprint density at radius 2 is 2.09 bits per heavy atom. The first kappa shape index (κ1) is 7.98. The van der Waals surface area contributed by atoms with E-state index in [0.29, 0.717) is 11.4 Å². The molecule has 0 bridgehead atoms. The zero-order valence-electron chi connectivity index (χ0n) is 6.96. The fourth-order valence-electron chi connectivity index (χ4n) is 0.855. The predicted molar refractivity (Wildman–Crippen MR) is 41.0 cm³/mol. The molecule has 0 aliphatic rings. The normalized spacial score (nSPS) is 10.5. The lowest BCUT2D eigenvalue weighted by Gasteiger charge is -2.03. The number of aromatic nitrogens is 2. The molecule has 11 heavy (non-hydrogen) atoms. The standard InChI is InChI=1S/C8H11N2O/c1-5(2)7-4-9-6(3)10-8(7)11/h4-5H,1-3H3. The van der Waals surface area contributed by atoms with Crippen molar-refractivity contribution < 1.29 is 5.11 Å². The van der Waals surface area contributed by atoms with Crippen LogP contribution >= 0.6 is 0 Å². The van der Waals surface area contributed by atoms with Gasteiger partial charge < -0.3 is 0 Å². The van der Waals surface area contributed by atoms with Crippen LogP contribution in [0.1, 0.15) is 31.2 Å². The van der Waals surface area contributed by atoms with E-state index in [-0.39, 0.29) is 11.8 Å². The molecule has 1 rings (SSSR count). The van der Waals surface area contributed by atoms with Crippen molar-refractivity contribution in [1.82, 2.24) is 9.97 Å². The highest BCUT2D eigenvalue weighted by Crippen LogP contribution is 2.21. The summed E-state index contributed by atoms with van der Waals surface area (Å²) < 4.78 is 0. The molecule has 0 amide bonds. The minimum absolute atomic E-state index is 0.146. The Bertz CT molecular complexity index is 258. The smallest absolute Gasteiger partial charge is 0.267 e. The van der Waals surface area contributed by atoms with Crippen LogP contribution in [0.3, 0.4) is 0 Å². The van der Waals surface area contributed by atoms with Crippen molar-refractivity contribution in [1.29, 1.82) is 0 Å². The third-order valence-corrected chi connectivity index (χ3v) is 1.52. The summed E-state index contributed by atoms with van der Waals surface area (Å²) >= 11 is 0. The summed E-state index contributed by atoms with van der Waals surface area (Å²) in [6.45, 7) is 5.62. The first-order chi connectivity index (χ1) is 5.11. The molecule has 0 unspecified atom stereocenters. The molecule has 0 atom stereocenters. The number of hydrogen-bond donors (Lipinski definition) is 0. The van der Waals surface area contributed by atoms with E-state index in [9.17, 15) is 5.11 Å². The second kappa shape index (κ2) is 2.86. The second-order valence-corrected chi connectivity index (χ2v) is 2.83. The van der Waals surface area contributed by atoms with Crippen molar-refractivity contribution in [2.24, 2.45) is 0 Å². The molecule has 1 heterocycles. The van der Waals surface area contributed by atoms with Crippen molar-refractivity contribution >= 4 is 0 Å². The fourth-order valence-corrected chi connectivity index (χ4v) is 0.855. The van der Waals surface area contributed by atoms with E-state index in [1.807, 2.05) is 13.8 Å². The van der Waals surface area contributed by atoms with Crippen molar-refractivity contribution in [3.8, 4) is 5.88 Å². The maximum absolute atomic E-state index is 11.1. The molecular formula is C8H11N2O. The van der Waals surface area contributed by atoms with Crippen molar-refractivity contribution in [2.75, 3.05) is 0 Å². The zero-order chi connectivity index (χ0) is 8.43. The van der Waals surface area contributed by atoms with Crippen LogP contribution in [0.15, 0.2) is 6.20 Å². The van der Waals surface area contributed by atoms with E-state index in [4.69, 9.17) is 0 Å². The molecule has 1 aromatic heterocycles. The molecule has 3 nitrogen and oxygen atoms in total. The number of rotatable bonds is 1. The average Bonchev–Trinajstić information content (AvgIpc) is 1.85. The molecule has 0 aliphatic carbocycles. The largest absolute Gasteiger partial charge is 0.276 e. The van der Waals surface area contributed by atoms with Gasteiger partial charge in [0.15, 0.2) is 0 Å². The molecule has 0 spiro atoms. The highest BCUT2D eigenvalue weighted by molar-refractivity contribution is 5.24. The Balaban J connectivity index is 3.09. The molecule has 0 N–H and O–H groups in total. The Hall–Kier alpha value is -1.12. The first-order valence-corrected chi connectivity index (χ1v) is 3.62. The van der Waals surface area contributed by atoms with E-state index >= 15 is 0 Å². The van der Waals surface area contributed by atoms with Gasteiger partial charge in [-0.2, -0.15) is 4.98 Å². The Labute approximate surface area is 66.1 Å². The monoisotopic (exact) mass is 151 g/mol. The summed E-state index contributed by atoms with van der Waals surface area (Å²) in [5, 5.41) is 11.1. The molecule has 0 saturated carbocycles. The average molecular weight is 151 g/mol. The maximum atomic E-state index is 11.1. The van der Waals surface area contributed by atoms with Gasteiger partial charge in [0.2, 0.25) is 0 Å². The van der Waals surface area contributed by atoms with Crippen LogP contribution in [0, 0.1) is 6.92 Å². The molecule has 59 valence electrons. The minimum Gasteiger partial charge on any atom is -0.267 e. The van der Waals surface area contributed by atoms with Gasteiger partial charge in [0, 0.05) is 11.8 Å². The van der Waals surface area contributed by atoms with Crippen LogP contribution in [0.4, 0.5) is 0 Å². The fraction of sp³-hybridized carbons (Fsp3) is 0.500. The van der Waals surface area contributed by atoms with Crippen LogP contribution < -0.4 is 0 Å². The van der Waals surface area contributed by atoms with Crippen LogP contribution in [0.2, 0.25) is 0 Å². The van der Waals surface area contributed by atoms with Crippen LogP contribution in [0.25, 0.3) is 0 Å². The van der Waals surface area contributed by atoms with Gasteiger partial charge in [-0.3, -0.25) is 5.11 Å². The third-order valence-electron chi connectivity index (χ3n) is 1.52. The quantitative estimate of drug-likeness (QED) is 0.616. The molecule has 0 saturated heterocycles. The first-order valence-electron chi connectivity index (χ1n) is 3.62. The van der Waals surface area contributed by atoms with E-state index in [1.54, 1.807) is 13.1 Å². The van der Waals surface area contributed by atoms with E-state index in [0.717, 1.165) is 0 Å². The highest BCUT2D eigenvalue weighted by atomic mass is 16.3. The van der Waals surface area contributed by atoms with Gasteiger partial charge in [0.25, 0.3) is 5.88 Å². The Morgan fingerprint density at radius 3 is 2.55 bits per heavy atom. The summed E-state index contributed by atoms with van der Waals surface area (Å²) in [7, 11) is 0. The lowest BCUT2D eigenvalue weighted by molar-refractivity contribution is 0.328. The summed E-state index contributed by atoms with van der Waals surface area (Å²) in [5.74, 6) is 0.606. The van der Waals surface area contributed by atoms with Gasteiger partial charge in [0.05, 0.1) is 0 Å². The zero-order valence-corrected chi connectivity index (χ0v) is 6.96. The molecule has 1 radical (unpaired) electrons. The number of aryl methyl sites for hydroxylation is 1. The predicted octanol–water partition coefficient (Wildman–Crippen LogP) is 2.05. The Kier molecular flexibility index (Phi) is 2.08. The van der Waals surface area contributed by atoms with Crippen LogP contribution in [-0.4, -0.2) is 9.97 Å². The van der Waals surface area contributed by atoms with E-state index < -0.39 is 0 Å². The molecule has 0 fully saturated rings. The summed E-state index contributed by atoms with van der Waals surface area (Å²) in [6, 6.07) is 0. The van der Waals surface area contributed by atoms with Gasteiger partial charge >= 0.3 is 0 Å². The van der Waals surface area contributed by atoms with Crippen molar-refractivity contribution in [3.63, 3.8) is 0 Å². The lowest BCUT2D eigenvalue weighted by Crippen LogP contribution is -1.94. The van der Waals surface area contributed by atoms with E-state index in [2.05, 4.69) is 9.97 Å². The third kappa shape index (κ3) is 1.67. The highest BCUT2D eigenvalue weighted by Gasteiger charge is 2.08. The summed E-state index contributed by atoms with van der Waals surface area (Å²) in [4.78, 5) is 7.68. The molecule has 0 aliphatic heterocycles. The molecule has 0 aromatic carbocycles. The van der Waals surface area contributed by atoms with Crippen LogP contribution in [-0.2, 0) is 5.11 Å². The number of hydrogen-bond acceptors (Lipinski definition) is 2. The molecule has 1 aromatic rings. The minimum atomic E-state index is -0.146. The lowest BCUT2D eigenvalue weighted by atomic mass is 10.1. The Morgan fingerprint density at radius 1 is 1.45 bits per heavy atom. The van der Waals surface area contributed by atoms with E-state index in [1.165, 1.54) is 0 Å². The van der Waals surface area contributed by atoms with Gasteiger partial charge in [0.1, 0.15) is 5.82 Å². The SMILES string of the molecule is Cc1ncc(C(C)C)c([O])n1.